The number of pyridine rings is 1. The van der Waals surface area contributed by atoms with E-state index in [1.54, 1.807) is 27.5 Å². The number of hydrogen-bond acceptors (Lipinski definition) is 8. The minimum Gasteiger partial charge on any atom is -0.493 e. The minimum absolute atomic E-state index is 0.549. The first-order chi connectivity index (χ1) is 19.9. The van der Waals surface area contributed by atoms with Gasteiger partial charge < -0.3 is 19.5 Å². The molecule has 0 aliphatic carbocycles. The van der Waals surface area contributed by atoms with Crippen LogP contribution in [0.5, 0.6) is 17.2 Å². The minimum atomic E-state index is 0.549. The van der Waals surface area contributed by atoms with Gasteiger partial charge in [-0.3, -0.25) is 19.6 Å². The maximum Gasteiger partial charge on any atom is 0.203 e. The summed E-state index contributed by atoms with van der Waals surface area (Å²) in [4.78, 5) is 21.4. The second-order valence-electron chi connectivity index (χ2n) is 10.6. The third kappa shape index (κ3) is 6.29. The van der Waals surface area contributed by atoms with Crippen LogP contribution in [0.2, 0.25) is 0 Å². The third-order valence-electron chi connectivity index (χ3n) is 7.63. The van der Waals surface area contributed by atoms with Crippen molar-refractivity contribution in [1.29, 1.82) is 0 Å². The number of aldehydes is 1. The molecular weight excluding hydrogens is 516 g/mol. The highest BCUT2D eigenvalue weighted by molar-refractivity contribution is 6.01. The van der Waals surface area contributed by atoms with Gasteiger partial charge in [-0.05, 0) is 60.9 Å². The third-order valence-corrected chi connectivity index (χ3v) is 7.63. The first kappa shape index (κ1) is 28.4. The first-order valence-corrected chi connectivity index (χ1v) is 13.9. The molecule has 214 valence electrons. The number of nitrogens with one attached hydrogen (secondary N) is 1. The van der Waals surface area contributed by atoms with E-state index < -0.39 is 0 Å². The molecule has 1 fully saturated rings. The van der Waals surface area contributed by atoms with E-state index in [0.29, 0.717) is 17.1 Å². The van der Waals surface area contributed by atoms with Gasteiger partial charge in [-0.1, -0.05) is 18.2 Å². The van der Waals surface area contributed by atoms with E-state index in [9.17, 15) is 4.79 Å². The summed E-state index contributed by atoms with van der Waals surface area (Å²) in [7, 11) is 4.93. The summed E-state index contributed by atoms with van der Waals surface area (Å²) in [6.45, 7) is 9.56. The van der Waals surface area contributed by atoms with E-state index in [2.05, 4.69) is 64.3 Å². The molecule has 0 spiro atoms. The molecule has 0 unspecified atom stereocenters. The van der Waals surface area contributed by atoms with E-state index >= 15 is 0 Å². The van der Waals surface area contributed by atoms with Gasteiger partial charge in [-0.25, -0.2) is 0 Å². The highest BCUT2D eigenvalue weighted by atomic mass is 16.5. The van der Waals surface area contributed by atoms with E-state index in [1.807, 2.05) is 18.2 Å². The summed E-state index contributed by atoms with van der Waals surface area (Å²) < 4.78 is 16.7. The molecule has 8 nitrogen and oxygen atoms in total. The summed E-state index contributed by atoms with van der Waals surface area (Å²) in [5, 5.41) is 4.46. The second kappa shape index (κ2) is 12.6. The summed E-state index contributed by atoms with van der Waals surface area (Å²) in [6.07, 6.45) is 2.52. The van der Waals surface area contributed by atoms with Crippen molar-refractivity contribution in [2.45, 2.75) is 26.9 Å². The molecule has 0 amide bonds. The molecule has 1 aliphatic heterocycles. The number of carbonyl (C=O) groups excluding carboxylic acids is 1. The van der Waals surface area contributed by atoms with Crippen LogP contribution in [0.4, 0.5) is 11.4 Å². The number of carbonyl (C=O) groups is 1. The molecule has 41 heavy (non-hydrogen) atoms. The van der Waals surface area contributed by atoms with Crippen molar-refractivity contribution in [2.75, 3.05) is 52.8 Å². The average Bonchev–Trinajstić information content (AvgIpc) is 2.97. The van der Waals surface area contributed by atoms with Crippen molar-refractivity contribution >= 4 is 28.6 Å². The smallest absolute Gasteiger partial charge is 0.203 e. The van der Waals surface area contributed by atoms with Crippen LogP contribution in [-0.4, -0.2) is 68.6 Å². The van der Waals surface area contributed by atoms with Crippen LogP contribution in [0.25, 0.3) is 10.9 Å². The molecule has 0 bridgehead atoms. The van der Waals surface area contributed by atoms with Gasteiger partial charge in [-0.2, -0.15) is 0 Å². The number of anilines is 2. The van der Waals surface area contributed by atoms with Gasteiger partial charge in [0.2, 0.25) is 5.75 Å². The lowest BCUT2D eigenvalue weighted by atomic mass is 10.0. The fourth-order valence-electron chi connectivity index (χ4n) is 5.67. The molecule has 5 rings (SSSR count). The maximum atomic E-state index is 12.0. The Kier molecular flexibility index (Phi) is 8.71. The van der Waals surface area contributed by atoms with Crippen LogP contribution in [0.15, 0.2) is 54.7 Å². The number of nitrogens with zero attached hydrogens (tertiary/aromatic N) is 3. The fourth-order valence-corrected chi connectivity index (χ4v) is 5.67. The first-order valence-electron chi connectivity index (χ1n) is 13.9. The number of methoxy groups -OCH3 is 3. The van der Waals surface area contributed by atoms with Gasteiger partial charge in [0.05, 0.1) is 38.1 Å². The van der Waals surface area contributed by atoms with Gasteiger partial charge in [0.25, 0.3) is 0 Å². The molecule has 0 atom stereocenters. The van der Waals surface area contributed by atoms with Gasteiger partial charge in [-0.15, -0.1) is 0 Å². The SMILES string of the molecule is COc1ccc(CN2CCN(Cc3ccc4ncc(C=O)c(Nc5cc(C)cc(C)c5)c4c3)CC2)c(OC)c1OC. The van der Waals surface area contributed by atoms with Crippen molar-refractivity contribution in [3.05, 3.63) is 82.5 Å². The van der Waals surface area contributed by atoms with Gasteiger partial charge in [0.1, 0.15) is 0 Å². The molecule has 0 saturated carbocycles. The number of piperazine rings is 1. The number of rotatable bonds is 10. The Morgan fingerprint density at radius 3 is 2.15 bits per heavy atom. The van der Waals surface area contributed by atoms with Crippen molar-refractivity contribution < 1.29 is 19.0 Å². The van der Waals surface area contributed by atoms with Crippen molar-refractivity contribution in [3.8, 4) is 17.2 Å². The van der Waals surface area contributed by atoms with Crippen molar-refractivity contribution in [2.24, 2.45) is 0 Å². The van der Waals surface area contributed by atoms with E-state index in [4.69, 9.17) is 14.2 Å². The Morgan fingerprint density at radius 2 is 1.51 bits per heavy atom. The predicted molar refractivity (Wildman–Crippen MR) is 163 cm³/mol. The zero-order valence-electron chi connectivity index (χ0n) is 24.5. The second-order valence-corrected chi connectivity index (χ2v) is 10.6. The van der Waals surface area contributed by atoms with Crippen molar-refractivity contribution in [3.63, 3.8) is 0 Å². The lowest BCUT2D eigenvalue weighted by Crippen LogP contribution is -2.45. The number of benzene rings is 3. The molecule has 1 N–H and O–H groups in total. The lowest BCUT2D eigenvalue weighted by molar-refractivity contribution is 0.112. The normalized spacial score (nSPS) is 14.2. The van der Waals surface area contributed by atoms with Crippen molar-refractivity contribution in [1.82, 2.24) is 14.8 Å². The highest BCUT2D eigenvalue weighted by Gasteiger charge is 2.22. The molecule has 8 heteroatoms. The Bertz CT molecular complexity index is 1530. The summed E-state index contributed by atoms with van der Waals surface area (Å²) in [5.74, 6) is 2.01. The average molecular weight is 555 g/mol. The summed E-state index contributed by atoms with van der Waals surface area (Å²) in [5.41, 5.74) is 7.78. The zero-order chi connectivity index (χ0) is 28.9. The highest BCUT2D eigenvalue weighted by Crippen LogP contribution is 2.40. The molecule has 1 saturated heterocycles. The van der Waals surface area contributed by atoms with E-state index in [0.717, 1.165) is 79.1 Å². The largest absolute Gasteiger partial charge is 0.493 e. The predicted octanol–water partition coefficient (Wildman–Crippen LogP) is 5.75. The molecule has 1 aliphatic rings. The number of aromatic nitrogens is 1. The summed E-state index contributed by atoms with van der Waals surface area (Å²) in [6, 6.07) is 16.7. The van der Waals surface area contributed by atoms with Gasteiger partial charge >= 0.3 is 0 Å². The Morgan fingerprint density at radius 1 is 0.829 bits per heavy atom. The van der Waals surface area contributed by atoms with Crippen LogP contribution in [0.1, 0.15) is 32.6 Å². The van der Waals surface area contributed by atoms with Gasteiger partial charge in [0.15, 0.2) is 17.8 Å². The van der Waals surface area contributed by atoms with Gasteiger partial charge in [0, 0.05) is 62.1 Å². The molecule has 4 aromatic rings. The Balaban J connectivity index is 1.30. The van der Waals surface area contributed by atoms with E-state index in [1.165, 1.54) is 16.7 Å². The number of hydrogen-bond donors (Lipinski definition) is 1. The summed E-state index contributed by atoms with van der Waals surface area (Å²) >= 11 is 0. The topological polar surface area (TPSA) is 76.2 Å². The Hall–Kier alpha value is -4.14. The quantitative estimate of drug-likeness (QED) is 0.248. The van der Waals surface area contributed by atoms with Crippen LogP contribution in [0, 0.1) is 13.8 Å². The number of fused-ring (bicyclic) bond motifs is 1. The molecule has 3 aromatic carbocycles. The monoisotopic (exact) mass is 554 g/mol. The maximum absolute atomic E-state index is 12.0. The van der Waals surface area contributed by atoms with Crippen LogP contribution in [0.3, 0.4) is 0 Å². The van der Waals surface area contributed by atoms with E-state index in [-0.39, 0.29) is 0 Å². The molecular formula is C33H38N4O4. The number of aryl methyl sites for hydroxylation is 2. The van der Waals surface area contributed by atoms with Crippen LogP contribution >= 0.6 is 0 Å². The molecule has 0 radical (unpaired) electrons. The molecule has 2 heterocycles. The Labute approximate surface area is 241 Å². The lowest BCUT2D eigenvalue weighted by Gasteiger charge is -2.35. The molecule has 1 aromatic heterocycles. The van der Waals surface area contributed by atoms with Crippen LogP contribution in [-0.2, 0) is 13.1 Å². The van der Waals surface area contributed by atoms with Crippen LogP contribution < -0.4 is 19.5 Å². The number of ether oxygens (including phenoxy) is 3. The fraction of sp³-hybridized carbons (Fsp3) is 0.333. The standard InChI is InChI=1S/C33H38N4O4/c1-22-14-23(2)16-27(15-22)35-31-26(21-38)18-34-29-8-6-24(17-28(29)31)19-36-10-12-37(13-11-36)20-25-7-9-30(39-3)33(41-5)32(25)40-4/h6-9,14-18,21H,10-13,19-20H2,1-5H3,(H,34,35). The zero-order valence-corrected chi connectivity index (χ0v) is 24.5.